The Balaban J connectivity index is 0.00000242. The van der Waals surface area contributed by atoms with Crippen LogP contribution in [-0.4, -0.2) is 13.7 Å². The van der Waals surface area contributed by atoms with E-state index in [-0.39, 0.29) is 18.4 Å². The van der Waals surface area contributed by atoms with E-state index in [1.807, 2.05) is 48.5 Å². The first-order chi connectivity index (χ1) is 10.2. The predicted molar refractivity (Wildman–Crippen MR) is 91.6 cm³/mol. The fraction of sp³-hybridized carbons (Fsp3) is 0.294. The summed E-state index contributed by atoms with van der Waals surface area (Å²) in [5.41, 5.74) is 13.8. The molecule has 0 amide bonds. The highest BCUT2D eigenvalue weighted by Crippen LogP contribution is 2.31. The monoisotopic (exact) mass is 322 g/mol. The molecule has 4 nitrogen and oxygen atoms in total. The van der Waals surface area contributed by atoms with Crippen LogP contribution >= 0.6 is 12.4 Å². The van der Waals surface area contributed by atoms with E-state index in [1.54, 1.807) is 7.11 Å². The van der Waals surface area contributed by atoms with Gasteiger partial charge in [-0.1, -0.05) is 36.4 Å². The van der Waals surface area contributed by atoms with Crippen molar-refractivity contribution >= 4 is 12.4 Å². The molecular weight excluding hydrogens is 300 g/mol. The maximum absolute atomic E-state index is 6.10. The van der Waals surface area contributed by atoms with Gasteiger partial charge < -0.3 is 20.9 Å². The van der Waals surface area contributed by atoms with Crippen LogP contribution in [0, 0.1) is 0 Å². The molecule has 0 aliphatic rings. The van der Waals surface area contributed by atoms with Crippen LogP contribution in [-0.2, 0) is 6.61 Å². The summed E-state index contributed by atoms with van der Waals surface area (Å²) >= 11 is 0. The zero-order valence-electron chi connectivity index (χ0n) is 12.7. The zero-order valence-corrected chi connectivity index (χ0v) is 13.5. The number of benzene rings is 2. The lowest BCUT2D eigenvalue weighted by Crippen LogP contribution is -2.15. The third kappa shape index (κ3) is 4.91. The van der Waals surface area contributed by atoms with Gasteiger partial charge in [-0.05, 0) is 36.2 Å². The Hall–Kier alpha value is -1.75. The van der Waals surface area contributed by atoms with Crippen LogP contribution in [0.15, 0.2) is 48.5 Å². The molecule has 0 aliphatic carbocycles. The van der Waals surface area contributed by atoms with E-state index in [0.717, 1.165) is 17.5 Å². The van der Waals surface area contributed by atoms with Crippen molar-refractivity contribution in [2.24, 2.45) is 11.5 Å². The van der Waals surface area contributed by atoms with Crippen LogP contribution in [0.3, 0.4) is 0 Å². The quantitative estimate of drug-likeness (QED) is 0.822. The normalized spacial score (nSPS) is 11.4. The number of hydrogen-bond acceptors (Lipinski definition) is 4. The number of halogens is 1. The molecule has 120 valence electrons. The Morgan fingerprint density at radius 3 is 2.41 bits per heavy atom. The zero-order chi connectivity index (χ0) is 15.1. The second kappa shape index (κ2) is 9.30. The van der Waals surface area contributed by atoms with E-state index in [1.165, 1.54) is 0 Å². The maximum Gasteiger partial charge on any atom is 0.161 e. The van der Waals surface area contributed by atoms with E-state index in [0.29, 0.717) is 24.7 Å². The smallest absolute Gasteiger partial charge is 0.161 e. The van der Waals surface area contributed by atoms with Crippen LogP contribution in [0.5, 0.6) is 11.5 Å². The number of rotatable bonds is 7. The largest absolute Gasteiger partial charge is 0.493 e. The van der Waals surface area contributed by atoms with Crippen LogP contribution in [0.2, 0.25) is 0 Å². The van der Waals surface area contributed by atoms with Gasteiger partial charge in [0.05, 0.1) is 7.11 Å². The molecule has 2 aromatic rings. The molecule has 0 bridgehead atoms. The number of methoxy groups -OCH3 is 1. The summed E-state index contributed by atoms with van der Waals surface area (Å²) in [4.78, 5) is 0. The Kier molecular flexibility index (Phi) is 7.74. The molecule has 5 heteroatoms. The summed E-state index contributed by atoms with van der Waals surface area (Å²) in [6, 6.07) is 15.7. The predicted octanol–water partition coefficient (Wildman–Crippen LogP) is 3.04. The molecular formula is C17H23ClN2O2. The second-order valence-electron chi connectivity index (χ2n) is 4.87. The molecule has 0 aromatic heterocycles. The van der Waals surface area contributed by atoms with Crippen molar-refractivity contribution in [2.45, 2.75) is 19.1 Å². The topological polar surface area (TPSA) is 70.5 Å². The number of nitrogens with two attached hydrogens (primary N) is 2. The lowest BCUT2D eigenvalue weighted by atomic mass is 10.0. The van der Waals surface area contributed by atoms with Gasteiger partial charge in [0.1, 0.15) is 6.61 Å². The Morgan fingerprint density at radius 1 is 1.05 bits per heavy atom. The summed E-state index contributed by atoms with van der Waals surface area (Å²) in [6.45, 7) is 1.06. The van der Waals surface area contributed by atoms with E-state index >= 15 is 0 Å². The minimum absolute atomic E-state index is 0. The Labute approximate surface area is 137 Å². The van der Waals surface area contributed by atoms with Crippen molar-refractivity contribution in [3.63, 3.8) is 0 Å². The first kappa shape index (κ1) is 18.3. The van der Waals surface area contributed by atoms with Gasteiger partial charge in [0, 0.05) is 6.04 Å². The lowest BCUT2D eigenvalue weighted by Gasteiger charge is -2.15. The van der Waals surface area contributed by atoms with Gasteiger partial charge in [-0.25, -0.2) is 0 Å². The number of hydrogen-bond donors (Lipinski definition) is 2. The van der Waals surface area contributed by atoms with Gasteiger partial charge in [0.25, 0.3) is 0 Å². The highest BCUT2D eigenvalue weighted by atomic mass is 35.5. The molecule has 0 heterocycles. The molecule has 0 saturated carbocycles. The standard InChI is InChI=1S/C17H22N2O2.ClH/c1-20-16-8-7-14(15(19)9-10-18)11-17(16)21-12-13-5-3-2-4-6-13;/h2-8,11,15H,9-10,12,18-19H2,1H3;1H/t15-;/m1./s1. The highest BCUT2D eigenvalue weighted by molar-refractivity contribution is 5.85. The lowest BCUT2D eigenvalue weighted by molar-refractivity contribution is 0.284. The average Bonchev–Trinajstić information content (AvgIpc) is 2.54. The summed E-state index contributed by atoms with van der Waals surface area (Å²) < 4.78 is 11.2. The molecule has 4 N–H and O–H groups in total. The fourth-order valence-corrected chi connectivity index (χ4v) is 2.12. The van der Waals surface area contributed by atoms with E-state index in [9.17, 15) is 0 Å². The van der Waals surface area contributed by atoms with Crippen LogP contribution in [0.25, 0.3) is 0 Å². The summed E-state index contributed by atoms with van der Waals surface area (Å²) in [7, 11) is 1.63. The van der Waals surface area contributed by atoms with Crippen molar-refractivity contribution in [3.05, 3.63) is 59.7 Å². The van der Waals surface area contributed by atoms with Crippen molar-refractivity contribution in [2.75, 3.05) is 13.7 Å². The van der Waals surface area contributed by atoms with E-state index in [2.05, 4.69) is 0 Å². The van der Waals surface area contributed by atoms with E-state index < -0.39 is 0 Å². The van der Waals surface area contributed by atoms with Gasteiger partial charge in [-0.2, -0.15) is 0 Å². The van der Waals surface area contributed by atoms with Crippen LogP contribution in [0.4, 0.5) is 0 Å². The summed E-state index contributed by atoms with van der Waals surface area (Å²) in [5.74, 6) is 1.40. The SMILES string of the molecule is COc1ccc([C@H](N)CCN)cc1OCc1ccccc1.Cl. The third-order valence-corrected chi connectivity index (χ3v) is 3.33. The molecule has 22 heavy (non-hydrogen) atoms. The molecule has 1 atom stereocenters. The van der Waals surface area contributed by atoms with Crippen LogP contribution in [0.1, 0.15) is 23.6 Å². The van der Waals surface area contributed by atoms with E-state index in [4.69, 9.17) is 20.9 Å². The van der Waals surface area contributed by atoms with Crippen molar-refractivity contribution in [1.82, 2.24) is 0 Å². The minimum atomic E-state index is -0.0834. The minimum Gasteiger partial charge on any atom is -0.493 e. The first-order valence-corrected chi connectivity index (χ1v) is 7.05. The molecule has 0 fully saturated rings. The van der Waals surface area contributed by atoms with Crippen molar-refractivity contribution in [1.29, 1.82) is 0 Å². The highest BCUT2D eigenvalue weighted by Gasteiger charge is 2.11. The van der Waals surface area contributed by atoms with Gasteiger partial charge >= 0.3 is 0 Å². The maximum atomic E-state index is 6.10. The number of ether oxygens (including phenoxy) is 2. The molecule has 0 aliphatic heterocycles. The van der Waals surface area contributed by atoms with Crippen LogP contribution < -0.4 is 20.9 Å². The van der Waals surface area contributed by atoms with Gasteiger partial charge in [0.2, 0.25) is 0 Å². The molecule has 0 saturated heterocycles. The first-order valence-electron chi connectivity index (χ1n) is 7.05. The van der Waals surface area contributed by atoms with Gasteiger partial charge in [-0.15, -0.1) is 12.4 Å². The second-order valence-corrected chi connectivity index (χ2v) is 4.87. The average molecular weight is 323 g/mol. The van der Waals surface area contributed by atoms with Gasteiger partial charge in [0.15, 0.2) is 11.5 Å². The Bertz CT molecular complexity index is 564. The molecule has 2 aromatic carbocycles. The molecule has 0 radical (unpaired) electrons. The summed E-state index contributed by atoms with van der Waals surface area (Å²) in [6.07, 6.45) is 0.741. The summed E-state index contributed by atoms with van der Waals surface area (Å²) in [5, 5.41) is 0. The van der Waals surface area contributed by atoms with Crippen molar-refractivity contribution in [3.8, 4) is 11.5 Å². The third-order valence-electron chi connectivity index (χ3n) is 3.33. The Morgan fingerprint density at radius 2 is 1.77 bits per heavy atom. The molecule has 0 unspecified atom stereocenters. The van der Waals surface area contributed by atoms with Gasteiger partial charge in [-0.3, -0.25) is 0 Å². The molecule has 2 rings (SSSR count). The fourth-order valence-electron chi connectivity index (χ4n) is 2.12. The van der Waals surface area contributed by atoms with Crippen molar-refractivity contribution < 1.29 is 9.47 Å². The molecule has 0 spiro atoms.